The minimum atomic E-state index is -4.81. The van der Waals surface area contributed by atoms with Crippen LogP contribution in [0.1, 0.15) is 0 Å². The normalized spacial score (nSPS) is 13.2. The molecular formula is C7H10F3NO5. The van der Waals surface area contributed by atoms with Crippen molar-refractivity contribution in [2.75, 3.05) is 19.8 Å². The second-order valence-electron chi connectivity index (χ2n) is 2.75. The molecule has 0 rings (SSSR count). The molecule has 16 heavy (non-hydrogen) atoms. The Morgan fingerprint density at radius 1 is 1.31 bits per heavy atom. The van der Waals surface area contributed by atoms with E-state index >= 15 is 0 Å². The summed E-state index contributed by atoms with van der Waals surface area (Å²) in [6.07, 6.45) is -7.47. The number of rotatable bonds is 6. The Labute approximate surface area is 88.0 Å². The lowest BCUT2D eigenvalue weighted by molar-refractivity contribution is -0.201. The van der Waals surface area contributed by atoms with E-state index in [4.69, 9.17) is 10.2 Å². The molecule has 1 amide bonds. The Morgan fingerprint density at radius 3 is 2.31 bits per heavy atom. The van der Waals surface area contributed by atoms with Gasteiger partial charge in [-0.15, -0.1) is 0 Å². The van der Waals surface area contributed by atoms with Crippen LogP contribution in [0, 0.1) is 0 Å². The molecule has 0 aliphatic rings. The fourth-order valence-corrected chi connectivity index (χ4v) is 0.608. The summed E-state index contributed by atoms with van der Waals surface area (Å²) >= 11 is 0. The molecule has 94 valence electrons. The maximum absolute atomic E-state index is 11.7. The fourth-order valence-electron chi connectivity index (χ4n) is 0.608. The van der Waals surface area contributed by atoms with Crippen molar-refractivity contribution in [1.82, 2.24) is 5.32 Å². The summed E-state index contributed by atoms with van der Waals surface area (Å²) in [6, 6.07) is 0. The van der Waals surface area contributed by atoms with Crippen LogP contribution in [0.2, 0.25) is 0 Å². The van der Waals surface area contributed by atoms with Gasteiger partial charge in [0, 0.05) is 0 Å². The van der Waals surface area contributed by atoms with Crippen LogP contribution in [0.5, 0.6) is 0 Å². The molecule has 0 aromatic heterocycles. The number of ether oxygens (including phenoxy) is 1. The summed E-state index contributed by atoms with van der Waals surface area (Å²) in [5.41, 5.74) is 0. The molecule has 0 aromatic rings. The first-order chi connectivity index (χ1) is 7.23. The average molecular weight is 245 g/mol. The Balaban J connectivity index is 3.70. The SMILES string of the molecule is O=C(O)COCC(=O)NCC(O)C(F)(F)F. The van der Waals surface area contributed by atoms with E-state index in [-0.39, 0.29) is 0 Å². The molecule has 0 heterocycles. The van der Waals surface area contributed by atoms with Crippen LogP contribution in [0.15, 0.2) is 0 Å². The first-order valence-corrected chi connectivity index (χ1v) is 4.04. The van der Waals surface area contributed by atoms with Crippen LogP contribution >= 0.6 is 0 Å². The Kier molecular flexibility index (Phi) is 5.75. The number of carbonyl (C=O) groups excluding carboxylic acids is 1. The molecule has 3 N–H and O–H groups in total. The van der Waals surface area contributed by atoms with Crippen molar-refractivity contribution >= 4 is 11.9 Å². The predicted molar refractivity (Wildman–Crippen MR) is 43.5 cm³/mol. The van der Waals surface area contributed by atoms with Gasteiger partial charge in [0.2, 0.25) is 5.91 Å². The van der Waals surface area contributed by atoms with Crippen molar-refractivity contribution in [1.29, 1.82) is 0 Å². The number of aliphatic carboxylic acids is 1. The second kappa shape index (κ2) is 6.28. The Bertz CT molecular complexity index is 255. The predicted octanol–water partition coefficient (Wildman–Crippen LogP) is -0.873. The van der Waals surface area contributed by atoms with Gasteiger partial charge in [-0.05, 0) is 0 Å². The van der Waals surface area contributed by atoms with Gasteiger partial charge in [-0.3, -0.25) is 4.79 Å². The van der Waals surface area contributed by atoms with Gasteiger partial charge in [-0.25, -0.2) is 4.79 Å². The molecule has 1 atom stereocenters. The topological polar surface area (TPSA) is 95.9 Å². The highest BCUT2D eigenvalue weighted by Crippen LogP contribution is 2.18. The molecule has 6 nitrogen and oxygen atoms in total. The standard InChI is InChI=1S/C7H10F3NO5/c8-7(9,10)4(12)1-11-5(13)2-16-3-6(14)15/h4,12H,1-3H2,(H,11,13)(H,14,15). The van der Waals surface area contributed by atoms with Crippen LogP contribution in [0.25, 0.3) is 0 Å². The van der Waals surface area contributed by atoms with Crippen molar-refractivity contribution in [3.05, 3.63) is 0 Å². The minimum absolute atomic E-state index is 0.684. The van der Waals surface area contributed by atoms with Crippen LogP contribution in [-0.4, -0.2) is 54.1 Å². The van der Waals surface area contributed by atoms with Gasteiger partial charge < -0.3 is 20.3 Å². The zero-order valence-corrected chi connectivity index (χ0v) is 7.95. The quantitative estimate of drug-likeness (QED) is 0.565. The van der Waals surface area contributed by atoms with Gasteiger partial charge in [-0.1, -0.05) is 0 Å². The summed E-state index contributed by atoms with van der Waals surface area (Å²) in [5, 5.41) is 18.3. The number of hydrogen-bond donors (Lipinski definition) is 3. The van der Waals surface area contributed by atoms with Gasteiger partial charge in [0.25, 0.3) is 0 Å². The van der Waals surface area contributed by atoms with E-state index < -0.39 is 43.9 Å². The van der Waals surface area contributed by atoms with Crippen molar-refractivity contribution in [3.63, 3.8) is 0 Å². The number of aliphatic hydroxyl groups is 1. The van der Waals surface area contributed by atoms with Gasteiger partial charge in [0.05, 0.1) is 6.54 Å². The van der Waals surface area contributed by atoms with Gasteiger partial charge >= 0.3 is 12.1 Å². The summed E-state index contributed by atoms with van der Waals surface area (Å²) < 4.78 is 39.5. The molecule has 0 saturated carbocycles. The van der Waals surface area contributed by atoms with E-state index in [1.807, 2.05) is 0 Å². The van der Waals surface area contributed by atoms with E-state index in [1.165, 1.54) is 0 Å². The number of halogens is 3. The summed E-state index contributed by atoms with van der Waals surface area (Å²) in [6.45, 7) is -2.41. The molecule has 0 radical (unpaired) electrons. The van der Waals surface area contributed by atoms with Crippen molar-refractivity contribution in [2.45, 2.75) is 12.3 Å². The largest absolute Gasteiger partial charge is 0.480 e. The third-order valence-electron chi connectivity index (χ3n) is 1.33. The van der Waals surface area contributed by atoms with E-state index in [9.17, 15) is 22.8 Å². The number of amides is 1. The Morgan fingerprint density at radius 2 is 1.88 bits per heavy atom. The van der Waals surface area contributed by atoms with E-state index in [0.717, 1.165) is 0 Å². The molecule has 0 aliphatic heterocycles. The van der Waals surface area contributed by atoms with Gasteiger partial charge in [0.1, 0.15) is 13.2 Å². The number of carboxylic acids is 1. The van der Waals surface area contributed by atoms with E-state index in [1.54, 1.807) is 5.32 Å². The summed E-state index contributed by atoms with van der Waals surface area (Å²) in [5.74, 6) is -2.24. The van der Waals surface area contributed by atoms with E-state index in [2.05, 4.69) is 4.74 Å². The molecule has 0 bridgehead atoms. The number of nitrogens with one attached hydrogen (secondary N) is 1. The number of alkyl halides is 3. The van der Waals surface area contributed by atoms with Crippen LogP contribution in [0.4, 0.5) is 13.2 Å². The van der Waals surface area contributed by atoms with Crippen molar-refractivity contribution in [2.24, 2.45) is 0 Å². The number of carbonyl (C=O) groups is 2. The first kappa shape index (κ1) is 14.6. The molecule has 9 heteroatoms. The maximum atomic E-state index is 11.7. The molecule has 0 spiro atoms. The third-order valence-corrected chi connectivity index (χ3v) is 1.33. The van der Waals surface area contributed by atoms with Crippen molar-refractivity contribution < 1.29 is 37.7 Å². The summed E-state index contributed by atoms with van der Waals surface area (Å²) in [4.78, 5) is 20.7. The van der Waals surface area contributed by atoms with Crippen LogP contribution in [0.3, 0.4) is 0 Å². The molecule has 0 saturated heterocycles. The lowest BCUT2D eigenvalue weighted by atomic mass is 10.3. The third kappa shape index (κ3) is 7.01. The highest BCUT2D eigenvalue weighted by atomic mass is 19.4. The molecule has 1 unspecified atom stereocenters. The highest BCUT2D eigenvalue weighted by Gasteiger charge is 2.38. The smallest absolute Gasteiger partial charge is 0.416 e. The van der Waals surface area contributed by atoms with E-state index in [0.29, 0.717) is 0 Å². The Hall–Kier alpha value is -1.35. The molecule has 0 aliphatic carbocycles. The molecule has 0 fully saturated rings. The number of hydrogen-bond acceptors (Lipinski definition) is 4. The second-order valence-corrected chi connectivity index (χ2v) is 2.75. The van der Waals surface area contributed by atoms with Gasteiger partial charge in [-0.2, -0.15) is 13.2 Å². The van der Waals surface area contributed by atoms with Crippen molar-refractivity contribution in [3.8, 4) is 0 Å². The molecular weight excluding hydrogens is 235 g/mol. The molecule has 0 aromatic carbocycles. The van der Waals surface area contributed by atoms with Crippen LogP contribution in [-0.2, 0) is 14.3 Å². The first-order valence-electron chi connectivity index (χ1n) is 4.04. The highest BCUT2D eigenvalue weighted by molar-refractivity contribution is 5.77. The summed E-state index contributed by atoms with van der Waals surface area (Å²) in [7, 11) is 0. The zero-order valence-electron chi connectivity index (χ0n) is 7.95. The van der Waals surface area contributed by atoms with Crippen LogP contribution < -0.4 is 5.32 Å². The zero-order chi connectivity index (χ0) is 12.8. The maximum Gasteiger partial charge on any atom is 0.416 e. The number of carboxylic acid groups (broad SMARTS) is 1. The minimum Gasteiger partial charge on any atom is -0.480 e. The van der Waals surface area contributed by atoms with Gasteiger partial charge in [0.15, 0.2) is 6.10 Å². The fraction of sp³-hybridized carbons (Fsp3) is 0.714. The monoisotopic (exact) mass is 245 g/mol. The lowest BCUT2D eigenvalue weighted by Gasteiger charge is -2.14. The number of aliphatic hydroxyl groups excluding tert-OH is 1. The average Bonchev–Trinajstić information content (AvgIpc) is 2.11. The lowest BCUT2D eigenvalue weighted by Crippen LogP contribution is -2.41.